The number of hydrogen-bond donors (Lipinski definition) is 3. The van der Waals surface area contributed by atoms with E-state index in [0.717, 1.165) is 4.88 Å². The van der Waals surface area contributed by atoms with Gasteiger partial charge in [0.15, 0.2) is 0 Å². The summed E-state index contributed by atoms with van der Waals surface area (Å²) in [5.74, 6) is -0.503. The van der Waals surface area contributed by atoms with Crippen molar-refractivity contribution in [3.05, 3.63) is 56.8 Å². The summed E-state index contributed by atoms with van der Waals surface area (Å²) in [5.41, 5.74) is 2.37. The van der Waals surface area contributed by atoms with Gasteiger partial charge in [-0.25, -0.2) is 10.2 Å². The van der Waals surface area contributed by atoms with Gasteiger partial charge in [-0.15, -0.1) is 11.3 Å². The maximum Gasteiger partial charge on any atom is 0.319 e. The zero-order valence-corrected chi connectivity index (χ0v) is 13.1. The molecule has 1 aromatic carbocycles. The first-order valence-corrected chi connectivity index (χ1v) is 7.57. The maximum atomic E-state index is 11.6. The topological polar surface area (TPSA) is 126 Å². The molecule has 0 saturated heterocycles. The van der Waals surface area contributed by atoms with Crippen LogP contribution in [0.4, 0.5) is 16.2 Å². The Hall–Kier alpha value is -3.27. The van der Waals surface area contributed by atoms with Crippen molar-refractivity contribution < 1.29 is 14.5 Å². The van der Waals surface area contributed by atoms with Crippen LogP contribution in [0.25, 0.3) is 0 Å². The number of rotatable bonds is 6. The van der Waals surface area contributed by atoms with Crippen LogP contribution >= 0.6 is 11.3 Å². The van der Waals surface area contributed by atoms with Crippen LogP contribution in [-0.2, 0) is 4.79 Å². The van der Waals surface area contributed by atoms with Gasteiger partial charge in [0, 0.05) is 22.7 Å². The molecule has 1 heterocycles. The van der Waals surface area contributed by atoms with Crippen LogP contribution in [-0.4, -0.2) is 29.6 Å². The summed E-state index contributed by atoms with van der Waals surface area (Å²) in [4.78, 5) is 34.1. The molecule has 0 atom stereocenters. The van der Waals surface area contributed by atoms with Crippen LogP contribution in [0, 0.1) is 10.1 Å². The minimum absolute atomic E-state index is 0.145. The second-order valence-corrected chi connectivity index (χ2v) is 5.40. The van der Waals surface area contributed by atoms with Gasteiger partial charge in [-0.2, -0.15) is 5.10 Å². The number of carbonyl (C=O) groups excluding carboxylic acids is 2. The highest BCUT2D eigenvalue weighted by Crippen LogP contribution is 2.16. The van der Waals surface area contributed by atoms with E-state index in [0.29, 0.717) is 0 Å². The Balaban J connectivity index is 1.75. The van der Waals surface area contributed by atoms with Crippen LogP contribution < -0.4 is 16.1 Å². The van der Waals surface area contributed by atoms with E-state index < -0.39 is 16.9 Å². The van der Waals surface area contributed by atoms with Crippen molar-refractivity contribution in [3.8, 4) is 0 Å². The van der Waals surface area contributed by atoms with E-state index in [2.05, 4.69) is 21.2 Å². The van der Waals surface area contributed by atoms with Gasteiger partial charge in [-0.1, -0.05) is 12.1 Å². The zero-order valence-electron chi connectivity index (χ0n) is 12.3. The predicted octanol–water partition coefficient (Wildman–Crippen LogP) is 1.93. The maximum absolute atomic E-state index is 11.6. The number of benzene rings is 1. The fraction of sp³-hybridized carbons (Fsp3) is 0.0714. The highest BCUT2D eigenvalue weighted by atomic mass is 32.1. The zero-order chi connectivity index (χ0) is 17.4. The standard InChI is InChI=1S/C14H13N5O4S/c20-13(18-16-8-12-5-2-6-24-12)9-15-14(21)17-10-3-1-4-11(7-10)19(22)23/h1-8H,9H2,(H,18,20)(H2,15,17,21). The largest absolute Gasteiger partial charge is 0.329 e. The Labute approximate surface area is 140 Å². The molecule has 0 radical (unpaired) electrons. The first-order chi connectivity index (χ1) is 11.5. The number of nitro benzene ring substituents is 1. The molecule has 1 aromatic heterocycles. The number of nitro groups is 1. The molecule has 3 N–H and O–H groups in total. The van der Waals surface area contributed by atoms with E-state index in [4.69, 9.17) is 0 Å². The minimum Gasteiger partial charge on any atom is -0.329 e. The molecule has 0 aliphatic rings. The van der Waals surface area contributed by atoms with Crippen LogP contribution in [0.5, 0.6) is 0 Å². The quantitative estimate of drug-likeness (QED) is 0.419. The molecule has 0 saturated carbocycles. The van der Waals surface area contributed by atoms with Gasteiger partial charge in [0.1, 0.15) is 6.54 Å². The predicted molar refractivity (Wildman–Crippen MR) is 90.2 cm³/mol. The number of thiophene rings is 1. The lowest BCUT2D eigenvalue weighted by Gasteiger charge is -2.06. The second kappa shape index (κ2) is 8.39. The first kappa shape index (κ1) is 17.1. The number of urea groups is 1. The summed E-state index contributed by atoms with van der Waals surface area (Å²) in [6.07, 6.45) is 1.49. The van der Waals surface area contributed by atoms with Crippen molar-refractivity contribution in [1.82, 2.24) is 10.7 Å². The van der Waals surface area contributed by atoms with Crippen LogP contribution in [0.3, 0.4) is 0 Å². The Morgan fingerprint density at radius 2 is 2.12 bits per heavy atom. The number of non-ortho nitro benzene ring substituents is 1. The monoisotopic (exact) mass is 347 g/mol. The lowest BCUT2D eigenvalue weighted by molar-refractivity contribution is -0.384. The van der Waals surface area contributed by atoms with Crippen molar-refractivity contribution >= 4 is 40.9 Å². The van der Waals surface area contributed by atoms with Crippen molar-refractivity contribution in [2.75, 3.05) is 11.9 Å². The highest BCUT2D eigenvalue weighted by Gasteiger charge is 2.09. The average molecular weight is 347 g/mol. The van der Waals surface area contributed by atoms with Gasteiger partial charge in [0.25, 0.3) is 11.6 Å². The third-order valence-electron chi connectivity index (χ3n) is 2.65. The molecule has 2 aromatic rings. The van der Waals surface area contributed by atoms with Gasteiger partial charge < -0.3 is 10.6 Å². The second-order valence-electron chi connectivity index (χ2n) is 4.42. The molecule has 0 fully saturated rings. The molecule has 9 nitrogen and oxygen atoms in total. The van der Waals surface area contributed by atoms with Crippen molar-refractivity contribution in [2.24, 2.45) is 5.10 Å². The van der Waals surface area contributed by atoms with Gasteiger partial charge in [0.2, 0.25) is 0 Å². The van der Waals surface area contributed by atoms with E-state index in [1.54, 1.807) is 0 Å². The summed E-state index contributed by atoms with van der Waals surface area (Å²) < 4.78 is 0. The summed E-state index contributed by atoms with van der Waals surface area (Å²) in [6, 6.07) is 8.50. The number of nitrogens with zero attached hydrogens (tertiary/aromatic N) is 2. The van der Waals surface area contributed by atoms with Crippen molar-refractivity contribution in [1.29, 1.82) is 0 Å². The fourth-order valence-corrected chi connectivity index (χ4v) is 2.19. The van der Waals surface area contributed by atoms with Crippen LogP contribution in [0.1, 0.15) is 4.88 Å². The molecule has 0 unspecified atom stereocenters. The molecule has 2 rings (SSSR count). The smallest absolute Gasteiger partial charge is 0.319 e. The van der Waals surface area contributed by atoms with E-state index in [1.807, 2.05) is 17.5 Å². The van der Waals surface area contributed by atoms with Gasteiger partial charge in [-0.05, 0) is 17.5 Å². The van der Waals surface area contributed by atoms with Gasteiger partial charge in [-0.3, -0.25) is 14.9 Å². The SMILES string of the molecule is O=C(CNC(=O)Nc1cccc([N+](=O)[O-])c1)NN=Cc1cccs1. The average Bonchev–Trinajstić information content (AvgIpc) is 3.06. The molecule has 3 amide bonds. The minimum atomic E-state index is -0.659. The highest BCUT2D eigenvalue weighted by molar-refractivity contribution is 7.11. The van der Waals surface area contributed by atoms with E-state index in [9.17, 15) is 19.7 Å². The van der Waals surface area contributed by atoms with E-state index >= 15 is 0 Å². The Morgan fingerprint density at radius 3 is 2.83 bits per heavy atom. The molecule has 24 heavy (non-hydrogen) atoms. The lowest BCUT2D eigenvalue weighted by Crippen LogP contribution is -2.37. The molecule has 0 aliphatic carbocycles. The summed E-state index contributed by atoms with van der Waals surface area (Å²) in [6.45, 7) is -0.289. The van der Waals surface area contributed by atoms with Crippen LogP contribution in [0.2, 0.25) is 0 Å². The van der Waals surface area contributed by atoms with Crippen LogP contribution in [0.15, 0.2) is 46.9 Å². The number of anilines is 1. The Kier molecular flexibility index (Phi) is 5.97. The van der Waals surface area contributed by atoms with Gasteiger partial charge in [0.05, 0.1) is 11.1 Å². The third kappa shape index (κ3) is 5.50. The number of nitrogens with one attached hydrogen (secondary N) is 3. The number of amides is 3. The molecule has 0 bridgehead atoms. The van der Waals surface area contributed by atoms with E-state index in [-0.39, 0.29) is 17.9 Å². The fourth-order valence-electron chi connectivity index (χ4n) is 1.61. The molecule has 10 heteroatoms. The lowest BCUT2D eigenvalue weighted by atomic mass is 10.3. The van der Waals surface area contributed by atoms with Gasteiger partial charge >= 0.3 is 6.03 Å². The molecule has 0 aliphatic heterocycles. The van der Waals surface area contributed by atoms with E-state index in [1.165, 1.54) is 41.8 Å². The van der Waals surface area contributed by atoms with Crippen molar-refractivity contribution in [2.45, 2.75) is 0 Å². The summed E-state index contributed by atoms with van der Waals surface area (Å²) >= 11 is 1.47. The Morgan fingerprint density at radius 1 is 1.29 bits per heavy atom. The number of hydrogen-bond acceptors (Lipinski definition) is 6. The molecule has 0 spiro atoms. The summed E-state index contributed by atoms with van der Waals surface area (Å²) in [5, 5.41) is 21.0. The first-order valence-electron chi connectivity index (χ1n) is 6.69. The Bertz CT molecular complexity index is 760. The molecular formula is C14H13N5O4S. The molecular weight excluding hydrogens is 334 g/mol. The normalized spacial score (nSPS) is 10.3. The van der Waals surface area contributed by atoms with Crippen molar-refractivity contribution in [3.63, 3.8) is 0 Å². The summed E-state index contributed by atoms with van der Waals surface area (Å²) in [7, 11) is 0. The third-order valence-corrected chi connectivity index (χ3v) is 3.46. The molecule has 124 valence electrons. The number of hydrazone groups is 1. The number of carbonyl (C=O) groups is 2.